The quantitative estimate of drug-likeness (QED) is 0.911. The lowest BCUT2D eigenvalue weighted by atomic mass is 10.1. The maximum atomic E-state index is 11.0. The van der Waals surface area contributed by atoms with E-state index < -0.39 is 5.97 Å². The molecule has 0 atom stereocenters. The number of carboxylic acid groups (broad SMARTS) is 1. The van der Waals surface area contributed by atoms with Gasteiger partial charge in [-0.1, -0.05) is 30.3 Å². The molecule has 0 aliphatic carbocycles. The summed E-state index contributed by atoms with van der Waals surface area (Å²) in [4.78, 5) is 18.4. The number of aromatic nitrogens is 1. The molecule has 2 rings (SSSR count). The average molecular weight is 276 g/mol. The van der Waals surface area contributed by atoms with Crippen LogP contribution in [-0.2, 0) is 17.8 Å². The van der Waals surface area contributed by atoms with E-state index in [0.717, 1.165) is 27.7 Å². The van der Waals surface area contributed by atoms with E-state index in [4.69, 9.17) is 5.11 Å². The van der Waals surface area contributed by atoms with Crippen LogP contribution >= 0.6 is 11.3 Å². The second kappa shape index (κ2) is 5.95. The molecule has 0 spiro atoms. The highest BCUT2D eigenvalue weighted by Gasteiger charge is 2.15. The summed E-state index contributed by atoms with van der Waals surface area (Å²) in [5.41, 5.74) is 1.77. The number of rotatable bonds is 5. The molecule has 0 aliphatic rings. The fourth-order valence-electron chi connectivity index (χ4n) is 1.82. The maximum Gasteiger partial charge on any atom is 0.308 e. The topological polar surface area (TPSA) is 53.4 Å². The van der Waals surface area contributed by atoms with Crippen molar-refractivity contribution < 1.29 is 9.90 Å². The lowest BCUT2D eigenvalue weighted by Gasteiger charge is -2.04. The molecule has 0 unspecified atom stereocenters. The minimum absolute atomic E-state index is 0.0231. The summed E-state index contributed by atoms with van der Waals surface area (Å²) in [7, 11) is 3.95. The number of aliphatic carboxylic acids is 1. The molecule has 1 aromatic heterocycles. The lowest BCUT2D eigenvalue weighted by Crippen LogP contribution is -2.10. The summed E-state index contributed by atoms with van der Waals surface area (Å²) in [5, 5.41) is 9.94. The van der Waals surface area contributed by atoms with Crippen molar-refractivity contribution in [3.05, 3.63) is 40.2 Å². The van der Waals surface area contributed by atoms with Gasteiger partial charge >= 0.3 is 5.97 Å². The summed E-state index contributed by atoms with van der Waals surface area (Å²) in [6.45, 7) is 0.726. The van der Waals surface area contributed by atoms with Crippen LogP contribution < -0.4 is 0 Å². The monoisotopic (exact) mass is 276 g/mol. The molecule has 4 nitrogen and oxygen atoms in total. The van der Waals surface area contributed by atoms with E-state index in [9.17, 15) is 4.79 Å². The SMILES string of the molecule is CN(C)Cc1nc(-c2ccccc2)c(CC(=O)O)s1. The standard InChI is InChI=1S/C14H16N2O2S/c1-16(2)9-12-15-14(10-6-4-3-5-7-10)11(19-12)8-13(17)18/h3-7H,8-9H2,1-2H3,(H,17,18). The Hall–Kier alpha value is -1.72. The van der Waals surface area contributed by atoms with E-state index in [1.54, 1.807) is 0 Å². The van der Waals surface area contributed by atoms with Crippen molar-refractivity contribution >= 4 is 17.3 Å². The normalized spacial score (nSPS) is 10.9. The Morgan fingerprint density at radius 1 is 1.32 bits per heavy atom. The van der Waals surface area contributed by atoms with Crippen molar-refractivity contribution in [2.24, 2.45) is 0 Å². The van der Waals surface area contributed by atoms with Crippen molar-refractivity contribution in [1.82, 2.24) is 9.88 Å². The first kappa shape index (κ1) is 13.7. The number of hydrogen-bond acceptors (Lipinski definition) is 4. The third-order valence-corrected chi connectivity index (χ3v) is 3.59. The first-order chi connectivity index (χ1) is 9.06. The molecule has 2 aromatic rings. The van der Waals surface area contributed by atoms with Gasteiger partial charge in [0.2, 0.25) is 0 Å². The van der Waals surface area contributed by atoms with Gasteiger partial charge in [-0.15, -0.1) is 11.3 Å². The van der Waals surface area contributed by atoms with Gasteiger partial charge in [0.15, 0.2) is 0 Å². The van der Waals surface area contributed by atoms with Crippen LogP contribution in [0, 0.1) is 0 Å². The molecule has 0 saturated carbocycles. The first-order valence-electron chi connectivity index (χ1n) is 5.97. The molecule has 0 radical (unpaired) electrons. The number of carboxylic acids is 1. The molecule has 0 aliphatic heterocycles. The summed E-state index contributed by atoms with van der Waals surface area (Å²) in [5.74, 6) is -0.822. The Morgan fingerprint density at radius 2 is 2.00 bits per heavy atom. The van der Waals surface area contributed by atoms with Gasteiger partial charge < -0.3 is 10.0 Å². The van der Waals surface area contributed by atoms with Gasteiger partial charge in [-0.25, -0.2) is 4.98 Å². The van der Waals surface area contributed by atoms with Crippen LogP contribution in [0.15, 0.2) is 30.3 Å². The summed E-state index contributed by atoms with van der Waals surface area (Å²) in [6, 6.07) is 9.73. The fourth-order valence-corrected chi connectivity index (χ4v) is 3.02. The molecule has 0 amide bonds. The maximum absolute atomic E-state index is 11.0. The zero-order valence-corrected chi connectivity index (χ0v) is 11.8. The highest BCUT2D eigenvalue weighted by Crippen LogP contribution is 2.29. The molecule has 100 valence electrons. The van der Waals surface area contributed by atoms with Crippen LogP contribution in [0.2, 0.25) is 0 Å². The van der Waals surface area contributed by atoms with Gasteiger partial charge in [-0.05, 0) is 14.1 Å². The van der Waals surface area contributed by atoms with E-state index in [2.05, 4.69) is 4.98 Å². The van der Waals surface area contributed by atoms with Crippen molar-refractivity contribution in [3.8, 4) is 11.3 Å². The Bertz CT molecular complexity index is 564. The summed E-state index contributed by atoms with van der Waals surface area (Å²) in [6.07, 6.45) is 0.0231. The van der Waals surface area contributed by atoms with Crippen LogP contribution in [-0.4, -0.2) is 35.1 Å². The van der Waals surface area contributed by atoms with E-state index in [1.165, 1.54) is 11.3 Å². The Labute approximate surface area is 116 Å². The van der Waals surface area contributed by atoms with Crippen LogP contribution in [0.3, 0.4) is 0 Å². The zero-order chi connectivity index (χ0) is 13.8. The van der Waals surface area contributed by atoms with Crippen LogP contribution in [0.1, 0.15) is 9.88 Å². The highest BCUT2D eigenvalue weighted by molar-refractivity contribution is 7.12. The molecular weight excluding hydrogens is 260 g/mol. The Kier molecular flexibility index (Phi) is 4.29. The van der Waals surface area contributed by atoms with Crippen LogP contribution in [0.25, 0.3) is 11.3 Å². The third-order valence-electron chi connectivity index (χ3n) is 2.55. The minimum atomic E-state index is -0.822. The van der Waals surface area contributed by atoms with Gasteiger partial charge in [-0.3, -0.25) is 4.79 Å². The fraction of sp³-hybridized carbons (Fsp3) is 0.286. The van der Waals surface area contributed by atoms with Crippen molar-refractivity contribution in [2.75, 3.05) is 14.1 Å². The molecule has 0 bridgehead atoms. The number of benzene rings is 1. The van der Waals surface area contributed by atoms with Crippen molar-refractivity contribution in [2.45, 2.75) is 13.0 Å². The van der Waals surface area contributed by atoms with Gasteiger partial charge in [-0.2, -0.15) is 0 Å². The Balaban J connectivity index is 2.39. The van der Waals surface area contributed by atoms with Gasteiger partial charge in [0.05, 0.1) is 12.1 Å². The van der Waals surface area contributed by atoms with E-state index >= 15 is 0 Å². The summed E-state index contributed by atoms with van der Waals surface area (Å²) < 4.78 is 0. The molecule has 1 heterocycles. The van der Waals surface area contributed by atoms with Crippen molar-refractivity contribution in [3.63, 3.8) is 0 Å². The highest BCUT2D eigenvalue weighted by atomic mass is 32.1. The summed E-state index contributed by atoms with van der Waals surface area (Å²) >= 11 is 1.48. The molecule has 0 fully saturated rings. The average Bonchev–Trinajstić information content (AvgIpc) is 2.71. The number of hydrogen-bond donors (Lipinski definition) is 1. The lowest BCUT2D eigenvalue weighted by molar-refractivity contribution is -0.136. The predicted octanol–water partition coefficient (Wildman–Crippen LogP) is 2.50. The van der Waals surface area contributed by atoms with E-state index in [-0.39, 0.29) is 6.42 Å². The second-order valence-corrected chi connectivity index (χ2v) is 5.72. The van der Waals surface area contributed by atoms with Crippen molar-refractivity contribution in [1.29, 1.82) is 0 Å². The number of thiazole rings is 1. The van der Waals surface area contributed by atoms with Crippen LogP contribution in [0.4, 0.5) is 0 Å². The van der Waals surface area contributed by atoms with Crippen LogP contribution in [0.5, 0.6) is 0 Å². The second-order valence-electron chi connectivity index (χ2n) is 4.55. The molecular formula is C14H16N2O2S. The largest absolute Gasteiger partial charge is 0.481 e. The van der Waals surface area contributed by atoms with Gasteiger partial charge in [0.25, 0.3) is 0 Å². The molecule has 0 saturated heterocycles. The molecule has 1 N–H and O–H groups in total. The first-order valence-corrected chi connectivity index (χ1v) is 6.78. The molecule has 19 heavy (non-hydrogen) atoms. The molecule has 5 heteroatoms. The smallest absolute Gasteiger partial charge is 0.308 e. The zero-order valence-electron chi connectivity index (χ0n) is 11.0. The number of carbonyl (C=O) groups is 1. The van der Waals surface area contributed by atoms with E-state index in [0.29, 0.717) is 0 Å². The van der Waals surface area contributed by atoms with E-state index in [1.807, 2.05) is 49.3 Å². The minimum Gasteiger partial charge on any atom is -0.481 e. The third kappa shape index (κ3) is 3.62. The Morgan fingerprint density at radius 3 is 2.58 bits per heavy atom. The number of nitrogens with zero attached hydrogens (tertiary/aromatic N) is 2. The van der Waals surface area contributed by atoms with Gasteiger partial charge in [0, 0.05) is 17.0 Å². The molecule has 1 aromatic carbocycles. The van der Waals surface area contributed by atoms with Gasteiger partial charge in [0.1, 0.15) is 5.01 Å². The predicted molar refractivity (Wildman–Crippen MR) is 76.3 cm³/mol.